The number of hydrogen-bond donors (Lipinski definition) is 0. The van der Waals surface area contributed by atoms with Gasteiger partial charge in [0, 0.05) is 17.3 Å². The molecule has 1 heterocycles. The highest BCUT2D eigenvalue weighted by molar-refractivity contribution is 5.81. The first kappa shape index (κ1) is 26.3. The minimum atomic E-state index is -2.05. The average Bonchev–Trinajstić information content (AvgIpc) is 2.85. The van der Waals surface area contributed by atoms with E-state index in [0.29, 0.717) is 11.3 Å². The molecular formula is C28H30F3NO3. The lowest BCUT2D eigenvalue weighted by Crippen LogP contribution is -2.33. The van der Waals surface area contributed by atoms with Gasteiger partial charge in [0.15, 0.2) is 17.4 Å². The molecular weight excluding hydrogens is 455 g/mol. The van der Waals surface area contributed by atoms with Crippen molar-refractivity contribution in [2.45, 2.75) is 58.5 Å². The Hall–Kier alpha value is -3.35. The average molecular weight is 486 g/mol. The molecule has 0 aliphatic carbocycles. The highest BCUT2D eigenvalue weighted by Gasteiger charge is 2.33. The van der Waals surface area contributed by atoms with Gasteiger partial charge in [-0.25, -0.2) is 18.0 Å². The SMILES string of the molecule is CCCCCCOc1c(F)cc(-c2ccc(-c3ccc(OC(=O)[C@@](C)(F)CC)cc3)cn2)cc1F. The highest BCUT2D eigenvalue weighted by Crippen LogP contribution is 2.30. The Kier molecular flexibility index (Phi) is 8.90. The maximum absolute atomic E-state index is 14.5. The van der Waals surface area contributed by atoms with Crippen LogP contribution >= 0.6 is 0 Å². The van der Waals surface area contributed by atoms with Crippen LogP contribution in [0.1, 0.15) is 52.9 Å². The summed E-state index contributed by atoms with van der Waals surface area (Å²) >= 11 is 0. The molecule has 0 saturated heterocycles. The van der Waals surface area contributed by atoms with Gasteiger partial charge < -0.3 is 9.47 Å². The van der Waals surface area contributed by atoms with Gasteiger partial charge in [-0.1, -0.05) is 51.3 Å². The van der Waals surface area contributed by atoms with E-state index in [-0.39, 0.29) is 24.5 Å². The number of carbonyl (C=O) groups excluding carboxylic acids is 1. The van der Waals surface area contributed by atoms with Gasteiger partial charge >= 0.3 is 5.97 Å². The molecule has 1 aromatic heterocycles. The van der Waals surface area contributed by atoms with Gasteiger partial charge in [0.05, 0.1) is 12.3 Å². The second kappa shape index (κ2) is 11.9. The number of aromatic nitrogens is 1. The number of alkyl halides is 1. The zero-order chi connectivity index (χ0) is 25.4. The van der Waals surface area contributed by atoms with Gasteiger partial charge in [-0.05, 0) is 55.7 Å². The molecule has 35 heavy (non-hydrogen) atoms. The highest BCUT2D eigenvalue weighted by atomic mass is 19.1. The van der Waals surface area contributed by atoms with Crippen molar-refractivity contribution < 1.29 is 27.4 Å². The number of pyridine rings is 1. The fourth-order valence-electron chi connectivity index (χ4n) is 3.36. The summed E-state index contributed by atoms with van der Waals surface area (Å²) < 4.78 is 53.4. The van der Waals surface area contributed by atoms with Gasteiger partial charge in [0.2, 0.25) is 5.67 Å². The predicted octanol–water partition coefficient (Wildman–Crippen LogP) is 7.70. The number of rotatable bonds is 11. The Labute approximate surface area is 204 Å². The third kappa shape index (κ3) is 6.84. The molecule has 4 nitrogen and oxygen atoms in total. The Morgan fingerprint density at radius 2 is 1.57 bits per heavy atom. The van der Waals surface area contributed by atoms with Gasteiger partial charge in [0.25, 0.3) is 0 Å². The molecule has 0 N–H and O–H groups in total. The quantitative estimate of drug-likeness (QED) is 0.159. The molecule has 0 fully saturated rings. The second-order valence-corrected chi connectivity index (χ2v) is 8.58. The van der Waals surface area contributed by atoms with Gasteiger partial charge in [0.1, 0.15) is 5.75 Å². The van der Waals surface area contributed by atoms with E-state index in [2.05, 4.69) is 11.9 Å². The van der Waals surface area contributed by atoms with Crippen LogP contribution in [0.2, 0.25) is 0 Å². The summed E-state index contributed by atoms with van der Waals surface area (Å²) in [4.78, 5) is 16.2. The number of benzene rings is 2. The molecule has 7 heteroatoms. The summed E-state index contributed by atoms with van der Waals surface area (Å²) in [6, 6.07) is 12.4. The van der Waals surface area contributed by atoms with Gasteiger partial charge in [-0.3, -0.25) is 4.98 Å². The van der Waals surface area contributed by atoms with Crippen molar-refractivity contribution in [2.75, 3.05) is 6.61 Å². The van der Waals surface area contributed by atoms with Crippen LogP contribution in [0, 0.1) is 11.6 Å². The first-order chi connectivity index (χ1) is 16.7. The summed E-state index contributed by atoms with van der Waals surface area (Å²) in [6.45, 7) is 5.11. The Balaban J connectivity index is 1.68. The molecule has 3 rings (SSSR count). The number of ether oxygens (including phenoxy) is 2. The van der Waals surface area contributed by atoms with Crippen molar-refractivity contribution in [3.8, 4) is 33.9 Å². The zero-order valence-corrected chi connectivity index (χ0v) is 20.2. The van der Waals surface area contributed by atoms with Crippen LogP contribution in [0.25, 0.3) is 22.4 Å². The van der Waals surface area contributed by atoms with Crippen molar-refractivity contribution in [1.29, 1.82) is 0 Å². The number of halogens is 3. The summed E-state index contributed by atoms with van der Waals surface area (Å²) in [5.41, 5.74) is 0.205. The van der Waals surface area contributed by atoms with Crippen LogP contribution in [-0.2, 0) is 4.79 Å². The van der Waals surface area contributed by atoms with Crippen LogP contribution in [0.3, 0.4) is 0 Å². The molecule has 186 valence electrons. The molecule has 0 spiro atoms. The lowest BCUT2D eigenvalue weighted by Gasteiger charge is -2.16. The molecule has 1 atom stereocenters. The van der Waals surface area contributed by atoms with Gasteiger partial charge in [-0.2, -0.15) is 0 Å². The third-order valence-electron chi connectivity index (χ3n) is 5.79. The number of nitrogens with zero attached hydrogens (tertiary/aromatic N) is 1. The largest absolute Gasteiger partial charge is 0.488 e. The number of hydrogen-bond acceptors (Lipinski definition) is 4. The summed E-state index contributed by atoms with van der Waals surface area (Å²) in [7, 11) is 0. The van der Waals surface area contributed by atoms with E-state index in [0.717, 1.165) is 36.8 Å². The van der Waals surface area contributed by atoms with Crippen molar-refractivity contribution >= 4 is 5.97 Å². The molecule has 0 saturated carbocycles. The van der Waals surface area contributed by atoms with Crippen LogP contribution in [0.4, 0.5) is 13.2 Å². The monoisotopic (exact) mass is 485 g/mol. The first-order valence-corrected chi connectivity index (χ1v) is 11.8. The van der Waals surface area contributed by atoms with E-state index in [1.165, 1.54) is 19.1 Å². The lowest BCUT2D eigenvalue weighted by atomic mass is 10.0. The van der Waals surface area contributed by atoms with Crippen LogP contribution < -0.4 is 9.47 Å². The van der Waals surface area contributed by atoms with E-state index in [4.69, 9.17) is 9.47 Å². The van der Waals surface area contributed by atoms with Crippen molar-refractivity contribution in [3.05, 3.63) is 66.4 Å². The van der Waals surface area contributed by atoms with E-state index in [1.807, 2.05) is 0 Å². The summed E-state index contributed by atoms with van der Waals surface area (Å²) in [6.07, 6.45) is 5.43. The molecule has 0 radical (unpaired) electrons. The van der Waals surface area contributed by atoms with Crippen LogP contribution in [0.15, 0.2) is 54.7 Å². The van der Waals surface area contributed by atoms with E-state index >= 15 is 0 Å². The van der Waals surface area contributed by atoms with E-state index < -0.39 is 23.3 Å². The molecule has 0 aliphatic heterocycles. The normalized spacial score (nSPS) is 12.7. The first-order valence-electron chi connectivity index (χ1n) is 11.8. The summed E-state index contributed by atoms with van der Waals surface area (Å²) in [5, 5.41) is 0. The third-order valence-corrected chi connectivity index (χ3v) is 5.79. The van der Waals surface area contributed by atoms with Crippen LogP contribution in [0.5, 0.6) is 11.5 Å². The molecule has 0 aliphatic rings. The topological polar surface area (TPSA) is 48.4 Å². The van der Waals surface area contributed by atoms with E-state index in [1.54, 1.807) is 49.5 Å². The minimum absolute atomic E-state index is 0.0184. The van der Waals surface area contributed by atoms with Gasteiger partial charge in [-0.15, -0.1) is 0 Å². The standard InChI is InChI=1S/C28H30F3NO3/c1-4-6-7-8-15-34-26-23(29)16-21(17-24(26)30)25-14-11-20(18-32-25)19-9-12-22(13-10-19)35-27(33)28(3,31)5-2/h9-14,16-18H,4-8,15H2,1-3H3/t28-/m0/s1. The zero-order valence-electron chi connectivity index (χ0n) is 20.2. The molecule has 3 aromatic rings. The van der Waals surface area contributed by atoms with E-state index in [9.17, 15) is 18.0 Å². The van der Waals surface area contributed by atoms with Crippen molar-refractivity contribution in [1.82, 2.24) is 4.98 Å². The second-order valence-electron chi connectivity index (χ2n) is 8.58. The minimum Gasteiger partial charge on any atom is -0.488 e. The fraction of sp³-hybridized carbons (Fsp3) is 0.357. The Bertz CT molecular complexity index is 1110. The molecule has 0 unspecified atom stereocenters. The van der Waals surface area contributed by atoms with Crippen molar-refractivity contribution in [3.63, 3.8) is 0 Å². The number of unbranched alkanes of at least 4 members (excludes halogenated alkanes) is 3. The fourth-order valence-corrected chi connectivity index (χ4v) is 3.36. The predicted molar refractivity (Wildman–Crippen MR) is 130 cm³/mol. The number of esters is 1. The lowest BCUT2D eigenvalue weighted by molar-refractivity contribution is -0.146. The Morgan fingerprint density at radius 3 is 2.14 bits per heavy atom. The number of carbonyl (C=O) groups is 1. The maximum atomic E-state index is 14.5. The van der Waals surface area contributed by atoms with Crippen LogP contribution in [-0.4, -0.2) is 23.2 Å². The molecule has 2 aromatic carbocycles. The molecule has 0 bridgehead atoms. The summed E-state index contributed by atoms with van der Waals surface area (Å²) in [5.74, 6) is -2.60. The smallest absolute Gasteiger partial charge is 0.348 e. The maximum Gasteiger partial charge on any atom is 0.348 e. The Morgan fingerprint density at radius 1 is 0.914 bits per heavy atom. The molecule has 0 amide bonds. The van der Waals surface area contributed by atoms with Crippen molar-refractivity contribution in [2.24, 2.45) is 0 Å².